The van der Waals surface area contributed by atoms with Gasteiger partial charge < -0.3 is 9.47 Å². The minimum atomic E-state index is 0.820. The normalized spacial score (nSPS) is 11.0. The average Bonchev–Trinajstić information content (AvgIpc) is 2.82. The van der Waals surface area contributed by atoms with Gasteiger partial charge in [0.05, 0.1) is 0 Å². The first-order valence-corrected chi connectivity index (χ1v) is 10.3. The molecule has 0 unspecified atom stereocenters. The molecule has 0 saturated heterocycles. The zero-order valence-corrected chi connectivity index (χ0v) is 16.8. The molecule has 0 amide bonds. The van der Waals surface area contributed by atoms with Crippen LogP contribution in [0.1, 0.15) is 12.5 Å². The van der Waals surface area contributed by atoms with Gasteiger partial charge in [-0.1, -0.05) is 79.7 Å². The Kier molecular flexibility index (Phi) is 4.82. The molecule has 0 saturated carbocycles. The van der Waals surface area contributed by atoms with Crippen LogP contribution >= 0.6 is 0 Å². The number of ether oxygens (including phenoxy) is 2. The molecule has 0 aliphatic carbocycles. The molecule has 5 aromatic rings. The smallest absolute Gasteiger partial charge is 0.143 e. The van der Waals surface area contributed by atoms with E-state index in [9.17, 15) is 0 Å². The van der Waals surface area contributed by atoms with E-state index in [1.807, 2.05) is 72.8 Å². The van der Waals surface area contributed by atoms with Crippen LogP contribution in [0, 0.1) is 0 Å². The van der Waals surface area contributed by atoms with E-state index in [2.05, 4.69) is 37.3 Å². The molecule has 0 bridgehead atoms. The predicted octanol–water partition coefficient (Wildman–Crippen LogP) is 8.14. The molecule has 0 heterocycles. The Morgan fingerprint density at radius 1 is 0.500 bits per heavy atom. The van der Waals surface area contributed by atoms with E-state index in [4.69, 9.17) is 9.47 Å². The van der Waals surface area contributed by atoms with Gasteiger partial charge in [-0.15, -0.1) is 0 Å². The average molecular weight is 390 g/mol. The second-order valence-corrected chi connectivity index (χ2v) is 7.27. The molecule has 5 rings (SSSR count). The van der Waals surface area contributed by atoms with Gasteiger partial charge in [0.1, 0.15) is 23.0 Å². The highest BCUT2D eigenvalue weighted by Gasteiger charge is 2.17. The maximum atomic E-state index is 6.45. The Balaban J connectivity index is 1.81. The van der Waals surface area contributed by atoms with Crippen molar-refractivity contribution in [2.45, 2.75) is 13.3 Å². The molecule has 0 spiro atoms. The lowest BCUT2D eigenvalue weighted by molar-refractivity contribution is 0.486. The molecular formula is C28H22O2. The lowest BCUT2D eigenvalue weighted by Crippen LogP contribution is -1.94. The summed E-state index contributed by atoms with van der Waals surface area (Å²) in [5.74, 6) is 3.36. The van der Waals surface area contributed by atoms with E-state index < -0.39 is 0 Å². The fourth-order valence-electron chi connectivity index (χ4n) is 3.80. The second kappa shape index (κ2) is 7.92. The summed E-state index contributed by atoms with van der Waals surface area (Å²) in [5, 5.41) is 4.17. The zero-order valence-electron chi connectivity index (χ0n) is 16.8. The molecule has 0 aliphatic rings. The van der Waals surface area contributed by atoms with Crippen molar-refractivity contribution in [1.29, 1.82) is 0 Å². The molecule has 5 aromatic carbocycles. The highest BCUT2D eigenvalue weighted by Crippen LogP contribution is 2.45. The highest BCUT2D eigenvalue weighted by atomic mass is 16.5. The van der Waals surface area contributed by atoms with Gasteiger partial charge in [-0.3, -0.25) is 0 Å². The van der Waals surface area contributed by atoms with E-state index in [1.54, 1.807) is 0 Å². The lowest BCUT2D eigenvalue weighted by atomic mass is 9.98. The number of aryl methyl sites for hydroxylation is 1. The molecular weight excluding hydrogens is 368 g/mol. The highest BCUT2D eigenvalue weighted by molar-refractivity contribution is 6.11. The van der Waals surface area contributed by atoms with Crippen LogP contribution < -0.4 is 9.47 Å². The molecule has 2 heteroatoms. The van der Waals surface area contributed by atoms with E-state index in [-0.39, 0.29) is 0 Å². The van der Waals surface area contributed by atoms with Crippen LogP contribution in [0.25, 0.3) is 21.5 Å². The van der Waals surface area contributed by atoms with Gasteiger partial charge in [0, 0.05) is 21.5 Å². The third kappa shape index (κ3) is 3.37. The Labute approximate surface area is 176 Å². The Bertz CT molecular complexity index is 1310. The summed E-state index contributed by atoms with van der Waals surface area (Å²) < 4.78 is 12.9. The monoisotopic (exact) mass is 390 g/mol. The van der Waals surface area contributed by atoms with Gasteiger partial charge in [-0.25, -0.2) is 0 Å². The van der Waals surface area contributed by atoms with Crippen LogP contribution in [-0.2, 0) is 6.42 Å². The summed E-state index contributed by atoms with van der Waals surface area (Å²) in [6.07, 6.45) is 0.961. The second-order valence-electron chi connectivity index (χ2n) is 7.27. The van der Waals surface area contributed by atoms with Gasteiger partial charge in [0.2, 0.25) is 0 Å². The van der Waals surface area contributed by atoms with Crippen molar-refractivity contribution in [2.75, 3.05) is 0 Å². The van der Waals surface area contributed by atoms with Crippen molar-refractivity contribution in [3.8, 4) is 23.0 Å². The lowest BCUT2D eigenvalue weighted by Gasteiger charge is -2.18. The van der Waals surface area contributed by atoms with Crippen molar-refractivity contribution in [1.82, 2.24) is 0 Å². The number of hydrogen-bond acceptors (Lipinski definition) is 2. The Hall–Kier alpha value is -3.78. The SMILES string of the molecule is CCc1ccc2c(Oc3ccccc3)c3ccccc3c(Oc3ccccc3)c2c1. The zero-order chi connectivity index (χ0) is 20.3. The van der Waals surface area contributed by atoms with E-state index in [0.29, 0.717) is 0 Å². The molecule has 0 aromatic heterocycles. The van der Waals surface area contributed by atoms with Crippen LogP contribution in [0.3, 0.4) is 0 Å². The van der Waals surface area contributed by atoms with Crippen LogP contribution in [0.5, 0.6) is 23.0 Å². The molecule has 0 atom stereocenters. The van der Waals surface area contributed by atoms with Crippen LogP contribution in [-0.4, -0.2) is 0 Å². The van der Waals surface area contributed by atoms with Crippen LogP contribution in [0.4, 0.5) is 0 Å². The Morgan fingerprint density at radius 2 is 0.967 bits per heavy atom. The third-order valence-corrected chi connectivity index (χ3v) is 5.32. The minimum absolute atomic E-state index is 0.820. The molecule has 2 nitrogen and oxygen atoms in total. The first-order valence-electron chi connectivity index (χ1n) is 10.3. The van der Waals surface area contributed by atoms with Crippen molar-refractivity contribution in [3.63, 3.8) is 0 Å². The third-order valence-electron chi connectivity index (χ3n) is 5.32. The van der Waals surface area contributed by atoms with Gasteiger partial charge in [-0.2, -0.15) is 0 Å². The van der Waals surface area contributed by atoms with Crippen LogP contribution in [0.2, 0.25) is 0 Å². The fourth-order valence-corrected chi connectivity index (χ4v) is 3.80. The summed E-state index contributed by atoms with van der Waals surface area (Å²) in [6.45, 7) is 2.17. The number of hydrogen-bond donors (Lipinski definition) is 0. The fraction of sp³-hybridized carbons (Fsp3) is 0.0714. The number of benzene rings is 5. The maximum absolute atomic E-state index is 6.45. The van der Waals surface area contributed by atoms with Gasteiger partial charge in [-0.05, 0) is 42.3 Å². The topological polar surface area (TPSA) is 18.5 Å². The molecule has 0 N–H and O–H groups in total. The summed E-state index contributed by atoms with van der Waals surface area (Å²) in [6, 6.07) is 34.7. The van der Waals surface area contributed by atoms with Gasteiger partial charge in [0.25, 0.3) is 0 Å². The number of para-hydroxylation sites is 2. The van der Waals surface area contributed by atoms with Crippen LogP contribution in [0.15, 0.2) is 103 Å². The predicted molar refractivity (Wildman–Crippen MR) is 124 cm³/mol. The summed E-state index contributed by atoms with van der Waals surface area (Å²) >= 11 is 0. The molecule has 146 valence electrons. The first kappa shape index (κ1) is 18.3. The quantitative estimate of drug-likeness (QED) is 0.282. The largest absolute Gasteiger partial charge is 0.456 e. The van der Waals surface area contributed by atoms with E-state index in [1.165, 1.54) is 5.56 Å². The summed E-state index contributed by atoms with van der Waals surface area (Å²) in [7, 11) is 0. The molecule has 0 radical (unpaired) electrons. The minimum Gasteiger partial charge on any atom is -0.456 e. The van der Waals surface area contributed by atoms with Gasteiger partial charge in [0.15, 0.2) is 0 Å². The summed E-state index contributed by atoms with van der Waals surface area (Å²) in [5.41, 5.74) is 1.27. The number of fused-ring (bicyclic) bond motifs is 2. The van der Waals surface area contributed by atoms with Crippen molar-refractivity contribution in [2.24, 2.45) is 0 Å². The van der Waals surface area contributed by atoms with E-state index in [0.717, 1.165) is 51.0 Å². The van der Waals surface area contributed by atoms with Crippen molar-refractivity contribution >= 4 is 21.5 Å². The van der Waals surface area contributed by atoms with Gasteiger partial charge >= 0.3 is 0 Å². The first-order chi connectivity index (χ1) is 14.8. The molecule has 0 fully saturated rings. The maximum Gasteiger partial charge on any atom is 0.143 e. The molecule has 30 heavy (non-hydrogen) atoms. The van der Waals surface area contributed by atoms with E-state index >= 15 is 0 Å². The standard InChI is InChI=1S/C28H22O2/c1-2-20-17-18-25-26(19-20)28(30-22-13-7-4-8-14-22)24-16-10-9-15-23(24)27(25)29-21-11-5-3-6-12-21/h3-19H,2H2,1H3. The Morgan fingerprint density at radius 3 is 1.50 bits per heavy atom. The van der Waals surface area contributed by atoms with Crippen molar-refractivity contribution < 1.29 is 9.47 Å². The summed E-state index contributed by atoms with van der Waals surface area (Å²) in [4.78, 5) is 0. The number of rotatable bonds is 5. The molecule has 0 aliphatic heterocycles. The van der Waals surface area contributed by atoms with Crippen molar-refractivity contribution in [3.05, 3.63) is 109 Å².